The normalized spacial score (nSPS) is 39.2. The van der Waals surface area contributed by atoms with Crippen LogP contribution in [0, 0.1) is 5.92 Å². The van der Waals surface area contributed by atoms with E-state index in [0.29, 0.717) is 9.37 Å². The standard InChI is InChI=1S/C25H26BrN5O13/c1-23(42)21(40)31-9-17(29-22(41)30-18(9)37)27-5-24(31,43)16(25(23)7-3-2-6(26)4-8(7)28-20(25)39)19(38)44-15-13(35)11(33)10(32)12(34)14(15)36/h2-4,10-16,32-36,42-43H,5H2,1H3,(H,28,39)(H3,27,29,30,37,41). The van der Waals surface area contributed by atoms with Gasteiger partial charge in [-0.3, -0.25) is 34.0 Å². The lowest BCUT2D eigenvalue weighted by Gasteiger charge is -2.59. The van der Waals surface area contributed by atoms with Crippen LogP contribution in [-0.2, 0) is 24.5 Å². The van der Waals surface area contributed by atoms with Crippen LogP contribution in [0.3, 0.4) is 0 Å². The second-order valence-electron chi connectivity index (χ2n) is 11.3. The summed E-state index contributed by atoms with van der Waals surface area (Å²) in [7, 11) is 0. The Kier molecular flexibility index (Phi) is 6.66. The lowest BCUT2D eigenvalue weighted by molar-refractivity contribution is -0.242. The molecular formula is C25H26BrN5O13. The van der Waals surface area contributed by atoms with E-state index in [0.717, 1.165) is 6.92 Å². The van der Waals surface area contributed by atoms with Crippen LogP contribution < -0.4 is 26.8 Å². The molecule has 44 heavy (non-hydrogen) atoms. The van der Waals surface area contributed by atoms with E-state index in [2.05, 4.69) is 31.5 Å². The van der Waals surface area contributed by atoms with Gasteiger partial charge in [-0.25, -0.2) is 4.79 Å². The van der Waals surface area contributed by atoms with E-state index >= 15 is 0 Å². The van der Waals surface area contributed by atoms with Gasteiger partial charge in [0.05, 0.1) is 6.54 Å². The number of amides is 2. The molecule has 236 valence electrons. The van der Waals surface area contributed by atoms with Crippen molar-refractivity contribution in [3.05, 3.63) is 49.1 Å². The molecule has 2 amide bonds. The maximum Gasteiger partial charge on any atom is 0.327 e. The van der Waals surface area contributed by atoms with Crippen molar-refractivity contribution in [3.8, 4) is 0 Å². The van der Waals surface area contributed by atoms with Crippen molar-refractivity contribution in [3.63, 3.8) is 0 Å². The van der Waals surface area contributed by atoms with Gasteiger partial charge in [0.15, 0.2) is 23.1 Å². The van der Waals surface area contributed by atoms with Gasteiger partial charge in [0, 0.05) is 10.2 Å². The highest BCUT2D eigenvalue weighted by Gasteiger charge is 2.79. The minimum Gasteiger partial charge on any atom is -0.456 e. The Bertz CT molecular complexity index is 1710. The molecule has 6 rings (SSSR count). The smallest absolute Gasteiger partial charge is 0.327 e. The Hall–Kier alpha value is -3.69. The zero-order valence-electron chi connectivity index (χ0n) is 22.4. The van der Waals surface area contributed by atoms with E-state index in [9.17, 15) is 59.7 Å². The van der Waals surface area contributed by atoms with E-state index < -0.39 is 101 Å². The molecule has 1 aromatic heterocycles. The van der Waals surface area contributed by atoms with Crippen LogP contribution in [-0.4, -0.2) is 118 Å². The fourth-order valence-corrected chi connectivity index (χ4v) is 7.18. The number of anilines is 3. The Morgan fingerprint density at radius 3 is 2.23 bits per heavy atom. The summed E-state index contributed by atoms with van der Waals surface area (Å²) >= 11 is 3.24. The minimum absolute atomic E-state index is 0.0188. The summed E-state index contributed by atoms with van der Waals surface area (Å²) < 4.78 is 5.80. The van der Waals surface area contributed by atoms with Crippen molar-refractivity contribution >= 4 is 50.9 Å². The number of hydrogen-bond acceptors (Lipinski definition) is 14. The van der Waals surface area contributed by atoms with Crippen molar-refractivity contribution in [2.24, 2.45) is 5.92 Å². The summed E-state index contributed by atoms with van der Waals surface area (Å²) in [5.74, 6) is -6.96. The molecule has 18 nitrogen and oxygen atoms in total. The first-order chi connectivity index (χ1) is 20.5. The van der Waals surface area contributed by atoms with Gasteiger partial charge < -0.3 is 51.1 Å². The van der Waals surface area contributed by atoms with Crippen LogP contribution in [0.4, 0.5) is 17.2 Å². The van der Waals surface area contributed by atoms with Crippen LogP contribution >= 0.6 is 15.9 Å². The molecule has 0 radical (unpaired) electrons. The van der Waals surface area contributed by atoms with E-state index in [1.807, 2.05) is 4.98 Å². The number of piperidine rings is 1. The topological polar surface area (TPSA) is 295 Å². The molecule has 4 aliphatic rings. The second kappa shape index (κ2) is 9.65. The predicted octanol–water partition coefficient (Wildman–Crippen LogP) is -4.73. The van der Waals surface area contributed by atoms with E-state index in [4.69, 9.17) is 4.74 Å². The van der Waals surface area contributed by atoms with Crippen molar-refractivity contribution in [2.75, 3.05) is 22.1 Å². The van der Waals surface area contributed by atoms with Gasteiger partial charge in [0.2, 0.25) is 5.91 Å². The number of hydrogen-bond donors (Lipinski definition) is 11. The molecule has 8 atom stereocenters. The Morgan fingerprint density at radius 2 is 1.59 bits per heavy atom. The Labute approximate surface area is 253 Å². The van der Waals surface area contributed by atoms with Gasteiger partial charge in [-0.1, -0.05) is 22.0 Å². The molecule has 1 aromatic carbocycles. The summed E-state index contributed by atoms with van der Waals surface area (Å²) in [6, 6.07) is 4.11. The number of aliphatic hydroxyl groups is 7. The fourth-order valence-electron chi connectivity index (χ4n) is 6.82. The number of halogens is 1. The van der Waals surface area contributed by atoms with Gasteiger partial charge in [-0.2, -0.15) is 0 Å². The molecule has 0 bridgehead atoms. The number of aromatic amines is 2. The van der Waals surface area contributed by atoms with Crippen LogP contribution in [0.15, 0.2) is 32.3 Å². The number of rotatable bonds is 2. The molecule has 1 aliphatic carbocycles. The third kappa shape index (κ3) is 3.68. The van der Waals surface area contributed by atoms with E-state index in [1.165, 1.54) is 18.2 Å². The highest BCUT2D eigenvalue weighted by Crippen LogP contribution is 2.59. The largest absolute Gasteiger partial charge is 0.456 e. The molecule has 19 heteroatoms. The molecular weight excluding hydrogens is 658 g/mol. The lowest BCUT2D eigenvalue weighted by atomic mass is 9.54. The van der Waals surface area contributed by atoms with Gasteiger partial charge in [-0.05, 0) is 24.6 Å². The Balaban J connectivity index is 1.60. The number of benzene rings is 1. The van der Waals surface area contributed by atoms with Crippen LogP contribution in [0.1, 0.15) is 12.5 Å². The predicted molar refractivity (Wildman–Crippen MR) is 147 cm³/mol. The lowest BCUT2D eigenvalue weighted by Crippen LogP contribution is -2.83. The number of nitrogens with zero attached hydrogens (tertiary/aromatic N) is 1. The van der Waals surface area contributed by atoms with Gasteiger partial charge in [0.1, 0.15) is 47.7 Å². The molecule has 3 aliphatic heterocycles. The fraction of sp³-hybridized carbons (Fsp3) is 0.480. The third-order valence-electron chi connectivity index (χ3n) is 8.91. The van der Waals surface area contributed by atoms with E-state index in [1.54, 1.807) is 0 Å². The second-order valence-corrected chi connectivity index (χ2v) is 12.2. The maximum absolute atomic E-state index is 14.3. The number of esters is 1. The van der Waals surface area contributed by atoms with Crippen molar-refractivity contribution in [2.45, 2.75) is 60.3 Å². The van der Waals surface area contributed by atoms with Crippen molar-refractivity contribution in [1.29, 1.82) is 0 Å². The third-order valence-corrected chi connectivity index (χ3v) is 9.40. The van der Waals surface area contributed by atoms with E-state index in [-0.39, 0.29) is 17.1 Å². The minimum atomic E-state index is -2.96. The number of ether oxygens (including phenoxy) is 1. The quantitative estimate of drug-likeness (QED) is 0.133. The summed E-state index contributed by atoms with van der Waals surface area (Å²) in [6.07, 6.45) is -12.8. The van der Waals surface area contributed by atoms with Crippen molar-refractivity contribution < 1.29 is 54.9 Å². The number of carbonyl (C=O) groups excluding carboxylic acids is 3. The molecule has 11 N–H and O–H groups in total. The van der Waals surface area contributed by atoms with Crippen LogP contribution in [0.25, 0.3) is 0 Å². The monoisotopic (exact) mass is 683 g/mol. The molecule has 1 spiro atoms. The number of fused-ring (bicyclic) bond motifs is 5. The molecule has 8 unspecified atom stereocenters. The summed E-state index contributed by atoms with van der Waals surface area (Å²) in [5.41, 5.74) is -11.7. The maximum atomic E-state index is 14.3. The molecule has 2 aromatic rings. The summed E-state index contributed by atoms with van der Waals surface area (Å²) in [4.78, 5) is 71.9. The van der Waals surface area contributed by atoms with Crippen molar-refractivity contribution in [1.82, 2.24) is 9.97 Å². The number of aromatic nitrogens is 2. The number of aliphatic hydroxyl groups excluding tert-OH is 5. The average molecular weight is 684 g/mol. The molecule has 1 saturated heterocycles. The molecule has 2 fully saturated rings. The first-order valence-corrected chi connectivity index (χ1v) is 13.9. The number of β-amino-alcohol motifs (C(OH)–C–C–N with tert-alkyl or cyclic N) is 1. The van der Waals surface area contributed by atoms with Crippen LogP contribution in [0.2, 0.25) is 0 Å². The summed E-state index contributed by atoms with van der Waals surface area (Å²) in [5, 5.41) is 80.9. The zero-order chi connectivity index (χ0) is 32.3. The van der Waals surface area contributed by atoms with Gasteiger partial charge >= 0.3 is 11.7 Å². The summed E-state index contributed by atoms with van der Waals surface area (Å²) in [6.45, 7) is 0.0310. The highest BCUT2D eigenvalue weighted by molar-refractivity contribution is 9.10. The molecule has 1 saturated carbocycles. The molecule has 4 heterocycles. The zero-order valence-corrected chi connectivity index (χ0v) is 24.0. The van der Waals surface area contributed by atoms with Crippen LogP contribution in [0.5, 0.6) is 0 Å². The number of H-pyrrole nitrogens is 2. The highest BCUT2D eigenvalue weighted by atomic mass is 79.9. The Morgan fingerprint density at radius 1 is 0.977 bits per heavy atom. The number of nitrogens with one attached hydrogen (secondary N) is 4. The van der Waals surface area contributed by atoms with Gasteiger partial charge in [-0.15, -0.1) is 0 Å². The first kappa shape index (κ1) is 30.3. The average Bonchev–Trinajstić information content (AvgIpc) is 3.23. The number of carbonyl (C=O) groups is 3. The first-order valence-electron chi connectivity index (χ1n) is 13.1. The SMILES string of the molecule is CC1(O)C(=O)N2c3c([nH]c(=O)[nH]c3=O)NCC2(O)C(C(=O)OC2C(O)C(O)C(O)C(O)C2O)C12C(=O)Nc1cc(Br)ccc12. The van der Waals surface area contributed by atoms with Gasteiger partial charge in [0.25, 0.3) is 11.5 Å².